The van der Waals surface area contributed by atoms with E-state index in [1.165, 1.54) is 12.7 Å². The van der Waals surface area contributed by atoms with Crippen molar-refractivity contribution in [3.8, 4) is 5.75 Å². The summed E-state index contributed by atoms with van der Waals surface area (Å²) in [5.41, 5.74) is 1.20. The average molecular weight is 1280 g/mol. The summed E-state index contributed by atoms with van der Waals surface area (Å²) in [6.45, 7) is -2.15. The van der Waals surface area contributed by atoms with Gasteiger partial charge in [0, 0.05) is 0 Å². The number of fused-ring (bicyclic) bond motifs is 3. The second-order valence-electron chi connectivity index (χ2n) is 22.5. The van der Waals surface area contributed by atoms with E-state index in [-0.39, 0.29) is 127 Å². The van der Waals surface area contributed by atoms with Crippen LogP contribution in [0.5, 0.6) is 5.75 Å². The number of halogens is 1. The van der Waals surface area contributed by atoms with Crippen LogP contribution in [-0.4, -0.2) is 167 Å². The van der Waals surface area contributed by atoms with E-state index < -0.39 is 117 Å². The van der Waals surface area contributed by atoms with Crippen molar-refractivity contribution < 1.29 is 131 Å². The van der Waals surface area contributed by atoms with Gasteiger partial charge in [-0.25, -0.2) is 19.2 Å². The van der Waals surface area contributed by atoms with Gasteiger partial charge in [-0.15, -0.1) is 0 Å². The molecule has 3 aliphatic heterocycles. The summed E-state index contributed by atoms with van der Waals surface area (Å²) >= 11 is -0.378. The molecule has 4 aliphatic carbocycles. The molecule has 0 aromatic heterocycles. The minimum atomic E-state index is -1.97. The Morgan fingerprint density at radius 2 is 0.831 bits per heavy atom. The summed E-state index contributed by atoms with van der Waals surface area (Å²) in [5.74, 6) is -13.3. The first-order valence-corrected chi connectivity index (χ1v) is 30.8. The van der Waals surface area contributed by atoms with Crippen molar-refractivity contribution in [2.75, 3.05) is 59.5 Å². The molecular formula is C59H72IO23-. The molecule has 14 unspecified atom stereocenters. The number of benzene rings is 2. The molecular weight excluding hydrogens is 1200 g/mol. The van der Waals surface area contributed by atoms with Crippen molar-refractivity contribution in [3.63, 3.8) is 0 Å². The summed E-state index contributed by atoms with van der Waals surface area (Å²) in [6.07, 6.45) is 4.76. The summed E-state index contributed by atoms with van der Waals surface area (Å²) < 4.78 is 72.5. The zero-order valence-electron chi connectivity index (χ0n) is 46.3. The van der Waals surface area contributed by atoms with Gasteiger partial charge in [0.05, 0.1) is 87.7 Å². The van der Waals surface area contributed by atoms with Gasteiger partial charge in [0.25, 0.3) is 0 Å². The van der Waals surface area contributed by atoms with E-state index >= 15 is 0 Å². The van der Waals surface area contributed by atoms with E-state index in [1.54, 1.807) is 12.1 Å². The first-order valence-electron chi connectivity index (χ1n) is 28.6. The monoisotopic (exact) mass is 1280 g/mol. The van der Waals surface area contributed by atoms with E-state index in [2.05, 4.69) is 24.3 Å². The molecule has 23 nitrogen and oxygen atoms in total. The molecule has 3 heterocycles. The Morgan fingerprint density at radius 3 is 1.24 bits per heavy atom. The second-order valence-corrected chi connectivity index (χ2v) is 25.5. The molecule has 454 valence electrons. The average Bonchev–Trinajstić information content (AvgIpc) is 4.61. The minimum absolute atomic E-state index is 0.0206. The van der Waals surface area contributed by atoms with Gasteiger partial charge in [-0.05, 0) is 75.5 Å². The molecule has 4 saturated carbocycles. The van der Waals surface area contributed by atoms with Crippen molar-refractivity contribution in [3.05, 3.63) is 61.2 Å². The summed E-state index contributed by atoms with van der Waals surface area (Å²) in [5, 5.41) is 10.9. The van der Waals surface area contributed by atoms with Gasteiger partial charge >= 0.3 is 212 Å². The van der Waals surface area contributed by atoms with Crippen LogP contribution in [0.3, 0.4) is 0 Å². The molecule has 0 bridgehead atoms. The Kier molecular flexibility index (Phi) is 22.1. The summed E-state index contributed by atoms with van der Waals surface area (Å²) in [6, 6.07) is 15.9. The van der Waals surface area contributed by atoms with Gasteiger partial charge in [-0.1, -0.05) is 0 Å². The molecule has 0 spiro atoms. The Bertz CT molecular complexity index is 2610. The van der Waals surface area contributed by atoms with E-state index in [0.29, 0.717) is 25.0 Å². The van der Waals surface area contributed by atoms with Gasteiger partial charge < -0.3 is 52.1 Å². The normalized spacial score (nSPS) is 27.9. The van der Waals surface area contributed by atoms with Crippen molar-refractivity contribution >= 4 is 53.7 Å². The number of epoxide rings is 3. The van der Waals surface area contributed by atoms with Gasteiger partial charge in [0.1, 0.15) is 0 Å². The third kappa shape index (κ3) is 19.8. The van der Waals surface area contributed by atoms with Crippen molar-refractivity contribution in [2.45, 2.75) is 146 Å². The third-order valence-electron chi connectivity index (χ3n) is 16.0. The maximum atomic E-state index is 14.0. The van der Waals surface area contributed by atoms with E-state index in [0.717, 1.165) is 44.9 Å². The predicted octanol–water partition coefficient (Wildman–Crippen LogP) is 0.636. The number of hydrogen-bond acceptors (Lipinski definition) is 23. The first-order chi connectivity index (χ1) is 40.0. The van der Waals surface area contributed by atoms with E-state index in [9.17, 15) is 48.3 Å². The Hall–Kier alpha value is -5.96. The summed E-state index contributed by atoms with van der Waals surface area (Å²) in [4.78, 5) is 119. The molecule has 7 aliphatic rings. The number of hydrogen-bond donors (Lipinski definition) is 1. The van der Waals surface area contributed by atoms with Gasteiger partial charge in [-0.2, -0.15) is 0 Å². The van der Waals surface area contributed by atoms with Gasteiger partial charge in [0.15, 0.2) is 26.4 Å². The Labute approximate surface area is 490 Å². The molecule has 2 aromatic rings. The van der Waals surface area contributed by atoms with Crippen LogP contribution < -0.4 is 25.9 Å². The molecule has 2 aromatic carbocycles. The van der Waals surface area contributed by atoms with Crippen LogP contribution in [0, 0.1) is 49.6 Å². The van der Waals surface area contributed by atoms with Crippen LogP contribution >= 0.6 is 0 Å². The molecule has 0 radical (unpaired) electrons. The predicted molar refractivity (Wildman–Crippen MR) is 276 cm³/mol. The van der Waals surface area contributed by atoms with Crippen LogP contribution in [0.4, 0.5) is 0 Å². The molecule has 14 atom stereocenters. The molecule has 83 heavy (non-hydrogen) atoms. The quantitative estimate of drug-likeness (QED) is 0.0506. The fourth-order valence-corrected chi connectivity index (χ4v) is 13.2. The summed E-state index contributed by atoms with van der Waals surface area (Å²) in [7, 11) is 0. The number of carbonyl (C=O) groups is 9. The van der Waals surface area contributed by atoms with E-state index in [4.69, 9.17) is 61.6 Å². The second kappa shape index (κ2) is 29.7. The molecule has 9 rings (SSSR count). The van der Waals surface area contributed by atoms with Crippen LogP contribution in [0.25, 0.3) is 0 Å². The van der Waals surface area contributed by atoms with Crippen LogP contribution in [-0.2, 0) is 100.0 Å². The fourth-order valence-electron chi connectivity index (χ4n) is 11.1. The SMILES string of the molecule is Cc1ccc([I-]c2ccc(OCC(=O)OC3CCC(COC(=O)COC(=O)CC(C(=O)OCC(=O)OCC4CCC5OC5C4)C(CC(=O)OCC(=O)OCC4CCC5OC5C4)C(=O)OCC(=O)OCC4CCC5OC5C4)CC3O)cc2)cc1. The molecule has 0 amide bonds. The number of aliphatic hydroxyl groups is 1. The number of esters is 9. The van der Waals surface area contributed by atoms with Gasteiger partial charge in [-0.3, -0.25) is 19.2 Å². The molecule has 7 fully saturated rings. The van der Waals surface area contributed by atoms with Crippen molar-refractivity contribution in [1.29, 1.82) is 0 Å². The third-order valence-corrected chi connectivity index (χ3v) is 18.7. The number of aryl methyl sites for hydroxylation is 1. The Balaban J connectivity index is 0.753. The van der Waals surface area contributed by atoms with Crippen LogP contribution in [0.1, 0.15) is 95.5 Å². The Morgan fingerprint density at radius 1 is 0.446 bits per heavy atom. The van der Waals surface area contributed by atoms with E-state index in [1.807, 2.05) is 19.1 Å². The first kappa shape index (κ1) is 61.6. The topological polar surface area (TPSA) is 304 Å². The van der Waals surface area contributed by atoms with Crippen molar-refractivity contribution in [1.82, 2.24) is 0 Å². The fraction of sp³-hybridized carbons (Fsp3) is 0.644. The van der Waals surface area contributed by atoms with Crippen molar-refractivity contribution in [2.24, 2.45) is 35.5 Å². The molecule has 3 saturated heterocycles. The number of ether oxygens (including phenoxy) is 13. The van der Waals surface area contributed by atoms with Gasteiger partial charge in [0.2, 0.25) is 0 Å². The molecule has 24 heteroatoms. The zero-order valence-corrected chi connectivity index (χ0v) is 48.4. The number of carbonyl (C=O) groups excluding carboxylic acids is 9. The standard InChI is InChI=1S/C59H72IO23/c1-33-2-8-38(9-3-33)60-39-10-12-40(13-11-39)71-32-57(68)83-44-14-4-34(18-43(44)61)24-72-53(64)28-76-51(62)22-41(58(69)78-30-55(66)74-26-36-6-16-46-49(20-36)81-46)42(59(70)79-31-56(67)75-27-37-7-17-47-50(21-37)82-47)23-52(63)77-29-54(65)73-25-35-5-15-45-48(19-35)80-45/h2-3,8-13,34-37,41-50,61H,4-7,14-32H2,1H3/q-1. The molecule has 1 N–H and O–H groups in total. The maximum absolute atomic E-state index is 14.0. The van der Waals surface area contributed by atoms with Crippen LogP contribution in [0.15, 0.2) is 48.5 Å². The number of aliphatic hydroxyl groups excluding tert-OH is 1. The zero-order chi connectivity index (χ0) is 58.4. The van der Waals surface area contributed by atoms with Crippen LogP contribution in [0.2, 0.25) is 0 Å². The number of rotatable bonds is 29.